The van der Waals surface area contributed by atoms with Crippen molar-refractivity contribution in [3.8, 4) is 0 Å². The molecule has 2 aromatic rings. The summed E-state index contributed by atoms with van der Waals surface area (Å²) >= 11 is 0. The van der Waals surface area contributed by atoms with E-state index in [0.29, 0.717) is 10.2 Å². The Kier molecular flexibility index (Phi) is 4.34. The molecule has 0 aliphatic carbocycles. The normalized spacial score (nSPS) is 11.3. The predicted octanol–water partition coefficient (Wildman–Crippen LogP) is 0.785. The molecule has 0 atom stereocenters. The number of nitrogens with zero attached hydrogens (tertiary/aromatic N) is 2. The van der Waals surface area contributed by atoms with Crippen molar-refractivity contribution in [2.24, 2.45) is 0 Å². The molecule has 0 fully saturated rings. The summed E-state index contributed by atoms with van der Waals surface area (Å²) in [5.41, 5.74) is -5.51. The summed E-state index contributed by atoms with van der Waals surface area (Å²) in [4.78, 5) is 39.0. The number of hydrogen-bond donors (Lipinski definition) is 1. The smallest absolute Gasteiger partial charge is 0.433 e. The van der Waals surface area contributed by atoms with Gasteiger partial charge in [-0.1, -0.05) is 6.07 Å². The first kappa shape index (κ1) is 16.5. The van der Waals surface area contributed by atoms with Crippen LogP contribution in [0.5, 0.6) is 0 Å². The van der Waals surface area contributed by atoms with E-state index < -0.39 is 34.4 Å². The van der Waals surface area contributed by atoms with E-state index in [-0.39, 0.29) is 6.54 Å². The van der Waals surface area contributed by atoms with Crippen molar-refractivity contribution in [2.45, 2.75) is 12.7 Å². The van der Waals surface area contributed by atoms with Crippen LogP contribution in [-0.2, 0) is 17.5 Å². The molecule has 0 radical (unpaired) electrons. The maximum Gasteiger partial charge on any atom is 0.433 e. The average Bonchev–Trinajstić information content (AvgIpc) is 2.51. The minimum absolute atomic E-state index is 0.341. The molecule has 2 rings (SSSR count). The first-order chi connectivity index (χ1) is 10.8. The maximum atomic E-state index is 13.1. The molecule has 10 heteroatoms. The van der Waals surface area contributed by atoms with Crippen molar-refractivity contribution in [3.05, 3.63) is 61.9 Å². The van der Waals surface area contributed by atoms with Crippen LogP contribution in [0.1, 0.15) is 21.6 Å². The third-order valence-electron chi connectivity index (χ3n) is 2.90. The Bertz CT molecular complexity index is 840. The van der Waals surface area contributed by atoms with Gasteiger partial charge in [-0.25, -0.2) is 9.48 Å². The van der Waals surface area contributed by atoms with E-state index >= 15 is 0 Å². The molecular formula is C13H10F3N3O4. The van der Waals surface area contributed by atoms with Gasteiger partial charge >= 0.3 is 17.7 Å². The van der Waals surface area contributed by atoms with Gasteiger partial charge in [0.05, 0.1) is 13.7 Å². The maximum absolute atomic E-state index is 13.1. The molecule has 2 aromatic heterocycles. The minimum Gasteiger partial charge on any atom is -0.465 e. The second kappa shape index (κ2) is 6.07. The largest absolute Gasteiger partial charge is 0.465 e. The highest BCUT2D eigenvalue weighted by atomic mass is 19.4. The lowest BCUT2D eigenvalue weighted by Gasteiger charge is -2.14. The topological polar surface area (TPSA) is 94.1 Å². The summed E-state index contributed by atoms with van der Waals surface area (Å²) in [6.07, 6.45) is -2.28. The molecule has 0 bridgehead atoms. The lowest BCUT2D eigenvalue weighted by Crippen LogP contribution is -2.43. The van der Waals surface area contributed by atoms with Gasteiger partial charge in [0.25, 0.3) is 5.43 Å². The summed E-state index contributed by atoms with van der Waals surface area (Å²) in [5, 5.41) is 1.78. The first-order valence-electron chi connectivity index (χ1n) is 6.17. The predicted molar refractivity (Wildman–Crippen MR) is 71.0 cm³/mol. The molecule has 0 unspecified atom stereocenters. The van der Waals surface area contributed by atoms with Crippen LogP contribution in [-0.4, -0.2) is 27.8 Å². The zero-order valence-electron chi connectivity index (χ0n) is 11.7. The standard InChI is InChI=1S/C13H10F3N3O4/c1-23-12(22)8-9(20)11(21)19(18-10(8)13(14,15)16)6-7-3-2-4-17-5-7/h2-5,18H,6H2,1H3. The summed E-state index contributed by atoms with van der Waals surface area (Å²) in [6.45, 7) is -0.341. The number of carbonyl (C=O) groups excluding carboxylic acids is 1. The number of ether oxygens (including phenoxy) is 1. The molecule has 1 N–H and O–H groups in total. The van der Waals surface area contributed by atoms with Crippen molar-refractivity contribution < 1.29 is 22.7 Å². The van der Waals surface area contributed by atoms with E-state index in [2.05, 4.69) is 9.72 Å². The number of nitrogens with one attached hydrogen (secondary N) is 1. The second-order valence-electron chi connectivity index (χ2n) is 4.43. The highest BCUT2D eigenvalue weighted by Gasteiger charge is 2.40. The van der Waals surface area contributed by atoms with E-state index in [1.807, 2.05) is 0 Å². The second-order valence-corrected chi connectivity index (χ2v) is 4.43. The fourth-order valence-corrected chi connectivity index (χ4v) is 1.87. The number of carbonyl (C=O) groups is 1. The van der Waals surface area contributed by atoms with E-state index in [4.69, 9.17) is 0 Å². The van der Waals surface area contributed by atoms with Crippen molar-refractivity contribution in [1.29, 1.82) is 0 Å². The van der Waals surface area contributed by atoms with Crippen LogP contribution in [0, 0.1) is 0 Å². The Morgan fingerprint density at radius 1 is 1.39 bits per heavy atom. The van der Waals surface area contributed by atoms with Gasteiger partial charge in [-0.15, -0.1) is 0 Å². The lowest BCUT2D eigenvalue weighted by atomic mass is 10.2. The molecule has 122 valence electrons. The van der Waals surface area contributed by atoms with E-state index in [1.54, 1.807) is 5.10 Å². The number of aromatic amines is 1. The summed E-state index contributed by atoms with van der Waals surface area (Å²) in [5.74, 6) is -1.54. The molecular weight excluding hydrogens is 319 g/mol. The van der Waals surface area contributed by atoms with E-state index in [0.717, 1.165) is 7.11 Å². The molecule has 0 aliphatic rings. The fourth-order valence-electron chi connectivity index (χ4n) is 1.87. The van der Waals surface area contributed by atoms with Gasteiger partial charge in [-0.2, -0.15) is 13.2 Å². The number of hydrogen-bond acceptors (Lipinski definition) is 5. The number of methoxy groups -OCH3 is 1. The van der Waals surface area contributed by atoms with Gasteiger partial charge in [0, 0.05) is 12.4 Å². The average molecular weight is 329 g/mol. The van der Waals surface area contributed by atoms with Gasteiger partial charge in [0.15, 0.2) is 5.69 Å². The van der Waals surface area contributed by atoms with E-state index in [9.17, 15) is 27.6 Å². The SMILES string of the molecule is COC(=O)c1c(C(F)(F)F)[nH]n(Cc2cccnc2)c(=O)c1=O. The van der Waals surface area contributed by atoms with Crippen LogP contribution in [0.25, 0.3) is 0 Å². The fraction of sp³-hybridized carbons (Fsp3) is 0.231. The quantitative estimate of drug-likeness (QED) is 0.663. The van der Waals surface area contributed by atoms with Crippen LogP contribution >= 0.6 is 0 Å². The van der Waals surface area contributed by atoms with Crippen LogP contribution in [0.3, 0.4) is 0 Å². The van der Waals surface area contributed by atoms with Crippen LogP contribution in [0.15, 0.2) is 34.1 Å². The number of alkyl halides is 3. The van der Waals surface area contributed by atoms with Gasteiger partial charge < -0.3 is 4.74 Å². The van der Waals surface area contributed by atoms with E-state index in [1.165, 1.54) is 24.5 Å². The highest BCUT2D eigenvalue weighted by molar-refractivity contribution is 5.90. The van der Waals surface area contributed by atoms with Crippen molar-refractivity contribution >= 4 is 5.97 Å². The van der Waals surface area contributed by atoms with Gasteiger partial charge in [-0.05, 0) is 11.6 Å². The molecule has 0 spiro atoms. The summed E-state index contributed by atoms with van der Waals surface area (Å²) in [7, 11) is 0.809. The number of halogens is 3. The molecule has 2 heterocycles. The summed E-state index contributed by atoms with van der Waals surface area (Å²) in [6, 6.07) is 3.03. The Morgan fingerprint density at radius 2 is 2.09 bits per heavy atom. The number of esters is 1. The minimum atomic E-state index is -5.05. The monoisotopic (exact) mass is 329 g/mol. The molecule has 23 heavy (non-hydrogen) atoms. The lowest BCUT2D eigenvalue weighted by molar-refractivity contribution is -0.143. The molecule has 0 aromatic carbocycles. The van der Waals surface area contributed by atoms with Gasteiger partial charge in [-0.3, -0.25) is 19.7 Å². The zero-order chi connectivity index (χ0) is 17.2. The Balaban J connectivity index is 2.68. The third-order valence-corrected chi connectivity index (χ3v) is 2.90. The van der Waals surface area contributed by atoms with Crippen molar-refractivity contribution in [3.63, 3.8) is 0 Å². The Hall–Kier alpha value is -2.91. The first-order valence-corrected chi connectivity index (χ1v) is 6.17. The van der Waals surface area contributed by atoms with Crippen molar-refractivity contribution in [2.75, 3.05) is 7.11 Å². The molecule has 0 saturated carbocycles. The molecule has 7 nitrogen and oxygen atoms in total. The number of aromatic nitrogens is 3. The Morgan fingerprint density at radius 3 is 2.61 bits per heavy atom. The highest BCUT2D eigenvalue weighted by Crippen LogP contribution is 2.28. The zero-order valence-corrected chi connectivity index (χ0v) is 11.7. The summed E-state index contributed by atoms with van der Waals surface area (Å²) < 4.78 is 43.8. The van der Waals surface area contributed by atoms with Gasteiger partial charge in [0.2, 0.25) is 0 Å². The number of H-pyrrole nitrogens is 1. The molecule has 0 amide bonds. The molecule has 0 saturated heterocycles. The third kappa shape index (κ3) is 3.30. The van der Waals surface area contributed by atoms with Crippen LogP contribution < -0.4 is 11.0 Å². The van der Waals surface area contributed by atoms with Crippen molar-refractivity contribution in [1.82, 2.24) is 14.8 Å². The Labute approximate surface area is 126 Å². The number of pyridine rings is 1. The van der Waals surface area contributed by atoms with Crippen LogP contribution in [0.4, 0.5) is 13.2 Å². The molecule has 0 aliphatic heterocycles. The number of rotatable bonds is 3. The van der Waals surface area contributed by atoms with Gasteiger partial charge in [0.1, 0.15) is 5.56 Å². The van der Waals surface area contributed by atoms with Crippen LogP contribution in [0.2, 0.25) is 0 Å².